The van der Waals surface area contributed by atoms with E-state index in [1.54, 1.807) is 50.2 Å². The molecule has 8 aliphatic rings. The molecule has 103 heavy (non-hydrogen) atoms. The van der Waals surface area contributed by atoms with Crippen LogP contribution in [0.5, 0.6) is 0 Å². The third kappa shape index (κ3) is 12.5. The molecule has 16 heterocycles. The Bertz CT molecular complexity index is 4670. The second-order valence-electron chi connectivity index (χ2n) is 30.8. The van der Waals surface area contributed by atoms with E-state index in [9.17, 15) is 24.8 Å². The molecule has 0 saturated carbocycles. The van der Waals surface area contributed by atoms with Crippen LogP contribution in [0.3, 0.4) is 0 Å². The summed E-state index contributed by atoms with van der Waals surface area (Å²) in [6.45, 7) is 21.7. The van der Waals surface area contributed by atoms with Gasteiger partial charge in [-0.2, -0.15) is 15.4 Å². The van der Waals surface area contributed by atoms with E-state index in [1.165, 1.54) is 189 Å². The molecule has 20 rings (SSSR count). The number of nitrogens with zero attached hydrogens (tertiary/aromatic N) is 13. The number of imidazole rings is 2. The fourth-order valence-electron chi connectivity index (χ4n) is 19.4. The molecule has 20 nitrogen and oxygen atoms in total. The SMILES string of the molecule is Cc1ccc2c(c1)c1c(n2CC(O)c2cn[nH]n2)CCN2CCCC12.Cc1ccc2c(c1)c1c(n2CC(O)c2cnc[nH]2)CCN2CCCC12.Cc1ccc2c(c1)c1c(n2CC(O)c2ncc[nH]2)CCN2CCCC12.Cc1cnc2c(c1)c1c(n2CC(C)(O)c2ccc(F)cc2)CCN2CCCC12. The Balaban J connectivity index is 0.000000102. The highest BCUT2D eigenvalue weighted by Gasteiger charge is 2.41. The van der Waals surface area contributed by atoms with E-state index >= 15 is 0 Å². The highest BCUT2D eigenvalue weighted by molar-refractivity contribution is 5.89. The summed E-state index contributed by atoms with van der Waals surface area (Å²) in [5.74, 6) is 0.350. The van der Waals surface area contributed by atoms with Crippen molar-refractivity contribution >= 4 is 43.7 Å². The molecular weight excluding hydrogens is 1290 g/mol. The number of pyridine rings is 1. The third-order valence-electron chi connectivity index (χ3n) is 24.1. The summed E-state index contributed by atoms with van der Waals surface area (Å²) in [6, 6.07) is 30.6. The number of hydrogen-bond donors (Lipinski definition) is 7. The fourth-order valence-corrected chi connectivity index (χ4v) is 19.4. The average molecular weight is 1390 g/mol. The highest BCUT2D eigenvalue weighted by atomic mass is 19.1. The summed E-state index contributed by atoms with van der Waals surface area (Å²) in [4.78, 5) is 29.6. The van der Waals surface area contributed by atoms with Crippen molar-refractivity contribution in [3.05, 3.63) is 218 Å². The highest BCUT2D eigenvalue weighted by Crippen LogP contribution is 2.48. The number of aromatic nitrogens is 12. The minimum absolute atomic E-state index is 0.290. The van der Waals surface area contributed by atoms with Crippen molar-refractivity contribution in [2.75, 3.05) is 52.4 Å². The molecule has 4 saturated heterocycles. The monoisotopic (exact) mass is 1390 g/mol. The number of rotatable bonds is 12. The Morgan fingerprint density at radius 1 is 0.505 bits per heavy atom. The van der Waals surface area contributed by atoms with E-state index in [0.29, 0.717) is 61.9 Å². The molecule has 4 fully saturated rings. The second kappa shape index (κ2) is 27.8. The molecule has 0 bridgehead atoms. The summed E-state index contributed by atoms with van der Waals surface area (Å²) >= 11 is 0. The van der Waals surface area contributed by atoms with Crippen LogP contribution in [0.4, 0.5) is 4.39 Å². The van der Waals surface area contributed by atoms with Gasteiger partial charge in [-0.3, -0.25) is 19.6 Å². The Kier molecular flexibility index (Phi) is 18.2. The smallest absolute Gasteiger partial charge is 0.140 e. The summed E-state index contributed by atoms with van der Waals surface area (Å²) in [5.41, 5.74) is 22.2. The van der Waals surface area contributed by atoms with E-state index in [4.69, 9.17) is 4.98 Å². The normalized spacial score (nSPS) is 21.5. The number of fused-ring (bicyclic) bond motifs is 20. The van der Waals surface area contributed by atoms with Gasteiger partial charge in [-0.05, 0) is 200 Å². The van der Waals surface area contributed by atoms with Crippen molar-refractivity contribution in [1.82, 2.24) is 78.2 Å². The van der Waals surface area contributed by atoms with Crippen LogP contribution in [0.25, 0.3) is 43.7 Å². The van der Waals surface area contributed by atoms with Crippen LogP contribution in [0.15, 0.2) is 122 Å². The summed E-state index contributed by atoms with van der Waals surface area (Å²) < 4.78 is 22.6. The van der Waals surface area contributed by atoms with Gasteiger partial charge in [0, 0.05) is 155 Å². The topological polar surface area (TPSA) is 225 Å². The predicted molar refractivity (Wildman–Crippen MR) is 398 cm³/mol. The number of halogens is 1. The first-order chi connectivity index (χ1) is 50.1. The Labute approximate surface area is 600 Å². The van der Waals surface area contributed by atoms with E-state index in [-0.39, 0.29) is 5.82 Å². The van der Waals surface area contributed by atoms with Crippen LogP contribution in [0.1, 0.15) is 191 Å². The first-order valence-corrected chi connectivity index (χ1v) is 37.7. The van der Waals surface area contributed by atoms with Gasteiger partial charge in [0.05, 0.1) is 50.6 Å². The van der Waals surface area contributed by atoms with E-state index in [1.807, 2.05) is 6.20 Å². The fraction of sp³-hybridized carbons (Fsp3) is 0.451. The van der Waals surface area contributed by atoms with Gasteiger partial charge >= 0.3 is 0 Å². The number of hydrogen-bond acceptors (Lipinski definition) is 13. The van der Waals surface area contributed by atoms with Crippen LogP contribution in [-0.2, 0) is 57.5 Å². The Morgan fingerprint density at radius 3 is 1.41 bits per heavy atom. The Morgan fingerprint density at radius 2 is 0.961 bits per heavy atom. The predicted octanol–water partition coefficient (Wildman–Crippen LogP) is 12.8. The second-order valence-corrected chi connectivity index (χ2v) is 30.8. The van der Waals surface area contributed by atoms with E-state index in [0.717, 1.165) is 74.3 Å². The van der Waals surface area contributed by atoms with Gasteiger partial charge in [-0.15, -0.1) is 0 Å². The van der Waals surface area contributed by atoms with Gasteiger partial charge in [-0.1, -0.05) is 47.0 Å². The molecule has 0 aliphatic carbocycles. The van der Waals surface area contributed by atoms with Crippen molar-refractivity contribution < 1.29 is 24.8 Å². The zero-order valence-corrected chi connectivity index (χ0v) is 60.0. The standard InChI is InChI=1S/C23H26FN3O.2C20H24N4O.C19H23N5O/c1-15-12-18-21-19-4-3-10-26(19)11-9-20(21)27(22(18)25-13-15)14-23(2,28)16-5-7-17(24)8-6-16;1-13-4-5-15-14(11-13)19-16-3-2-9-23(16)10-6-17(19)24(15)12-18(25)20-21-7-8-22-20;1-13-4-5-16-14(9-13)20-17-3-2-7-23(17)8-6-18(20)24(16)11-19(25)15-10-21-12-22-15;1-12-4-5-15-13(9-12)19-16-3-2-7-23(16)8-6-17(19)24(15)11-18(25)14-10-20-22-21-14/h5-8,12-13,19,28H,3-4,9-11,14H2,1-2H3;4-5,7-8,11,16,18,25H,2-3,6,9-10,12H2,1H3,(H,21,22);4-5,9-10,12,17,19,25H,2-3,6-8,11H2,1H3,(H,21,22);4-5,9-10,16,18,25H,2-3,6-8,11H2,1H3,(H,20,21,22). The quantitative estimate of drug-likeness (QED) is 0.0605. The molecule has 536 valence electrons. The van der Waals surface area contributed by atoms with Crippen LogP contribution in [0.2, 0.25) is 0 Å². The number of aryl methyl sites for hydroxylation is 4. The zero-order chi connectivity index (χ0) is 70.4. The largest absolute Gasteiger partial charge is 0.385 e. The van der Waals surface area contributed by atoms with Gasteiger partial charge in [0.1, 0.15) is 46.9 Å². The van der Waals surface area contributed by atoms with Crippen LogP contribution in [-0.4, -0.2) is 151 Å². The van der Waals surface area contributed by atoms with Gasteiger partial charge in [0.15, 0.2) is 0 Å². The average Bonchev–Trinajstić information content (AvgIpc) is 1.60. The number of H-pyrrole nitrogens is 3. The molecular formula is C82H97FN16O4. The maximum absolute atomic E-state index is 13.3. The van der Waals surface area contributed by atoms with Crippen molar-refractivity contribution in [1.29, 1.82) is 0 Å². The lowest BCUT2D eigenvalue weighted by Crippen LogP contribution is -2.33. The molecule has 0 radical (unpaired) electrons. The number of benzene rings is 4. The van der Waals surface area contributed by atoms with Crippen molar-refractivity contribution in [3.8, 4) is 0 Å². The Hall–Kier alpha value is -8.64. The van der Waals surface area contributed by atoms with Gasteiger partial charge in [-0.25, -0.2) is 19.3 Å². The van der Waals surface area contributed by atoms with Gasteiger partial charge in [0.2, 0.25) is 0 Å². The summed E-state index contributed by atoms with van der Waals surface area (Å²) in [6.07, 6.45) is 22.7. The van der Waals surface area contributed by atoms with Crippen molar-refractivity contribution in [2.45, 2.75) is 186 Å². The number of aliphatic hydroxyl groups is 4. The number of nitrogens with one attached hydrogen (secondary N) is 3. The molecule has 12 aromatic rings. The lowest BCUT2D eigenvalue weighted by molar-refractivity contribution is 0.0381. The molecule has 4 aromatic carbocycles. The lowest BCUT2D eigenvalue weighted by Gasteiger charge is -2.32. The van der Waals surface area contributed by atoms with Gasteiger partial charge < -0.3 is 48.7 Å². The van der Waals surface area contributed by atoms with Crippen LogP contribution >= 0.6 is 0 Å². The molecule has 0 spiro atoms. The number of aliphatic hydroxyl groups excluding tert-OH is 3. The van der Waals surface area contributed by atoms with Gasteiger partial charge in [0.25, 0.3) is 0 Å². The molecule has 21 heteroatoms. The minimum atomic E-state index is -1.10. The minimum Gasteiger partial charge on any atom is -0.385 e. The molecule has 8 aliphatic heterocycles. The zero-order valence-electron chi connectivity index (χ0n) is 60.0. The first kappa shape index (κ1) is 67.5. The molecule has 8 atom stereocenters. The maximum atomic E-state index is 13.3. The van der Waals surface area contributed by atoms with E-state index < -0.39 is 23.9 Å². The lowest BCUT2D eigenvalue weighted by atomic mass is 9.94. The van der Waals surface area contributed by atoms with Crippen molar-refractivity contribution in [2.24, 2.45) is 0 Å². The maximum Gasteiger partial charge on any atom is 0.140 e. The summed E-state index contributed by atoms with van der Waals surface area (Å²) in [5, 5.41) is 59.0. The first-order valence-electron chi connectivity index (χ1n) is 37.7. The third-order valence-corrected chi connectivity index (χ3v) is 24.1. The van der Waals surface area contributed by atoms with Crippen LogP contribution in [0, 0.1) is 33.5 Å². The molecule has 8 unspecified atom stereocenters. The molecule has 7 N–H and O–H groups in total. The van der Waals surface area contributed by atoms with Crippen molar-refractivity contribution in [3.63, 3.8) is 0 Å². The summed E-state index contributed by atoms with van der Waals surface area (Å²) in [7, 11) is 0. The van der Waals surface area contributed by atoms with Crippen LogP contribution < -0.4 is 0 Å². The van der Waals surface area contributed by atoms with E-state index in [2.05, 4.69) is 162 Å². The number of aromatic amines is 3. The molecule has 0 amide bonds. The molecule has 8 aromatic heterocycles.